The van der Waals surface area contributed by atoms with E-state index in [1.54, 1.807) is 20.8 Å². The highest BCUT2D eigenvalue weighted by molar-refractivity contribution is 7.13. The van der Waals surface area contributed by atoms with Crippen LogP contribution in [0.3, 0.4) is 0 Å². The highest BCUT2D eigenvalue weighted by Crippen LogP contribution is 2.24. The number of aryl methyl sites for hydroxylation is 2. The molecule has 0 radical (unpaired) electrons. The normalized spacial score (nSPS) is 12.2. The van der Waals surface area contributed by atoms with E-state index in [0.717, 1.165) is 22.9 Å². The molecule has 0 bridgehead atoms. The van der Waals surface area contributed by atoms with Gasteiger partial charge in [-0.2, -0.15) is 0 Å². The Morgan fingerprint density at radius 1 is 1.25 bits per heavy atom. The number of carbonyl (C=O) groups excluding carboxylic acids is 1. The van der Waals surface area contributed by atoms with Crippen LogP contribution in [0.2, 0.25) is 0 Å². The largest absolute Gasteiger partial charge is 0.477 e. The second-order valence-corrected chi connectivity index (χ2v) is 5.94. The van der Waals surface area contributed by atoms with E-state index in [1.807, 2.05) is 0 Å². The van der Waals surface area contributed by atoms with E-state index in [0.29, 0.717) is 21.3 Å². The number of nitrogens with zero attached hydrogens (tertiary/aromatic N) is 3. The second kappa shape index (κ2) is 5.63. The summed E-state index contributed by atoms with van der Waals surface area (Å²) in [4.78, 5) is 27.8. The standard InChI is InChI=1S/C11H12N4O3S2/c1-4-8(11(17)18)19-10(13-4)6(3)12-9(16)7-5(2)14-15-20-7/h6H,1-3H3,(H,12,16)(H,17,18). The smallest absolute Gasteiger partial charge is 0.347 e. The van der Waals surface area contributed by atoms with Crippen molar-refractivity contribution in [3.05, 3.63) is 26.1 Å². The molecule has 106 valence electrons. The summed E-state index contributed by atoms with van der Waals surface area (Å²) in [6.45, 7) is 5.10. The van der Waals surface area contributed by atoms with E-state index >= 15 is 0 Å². The first-order chi connectivity index (χ1) is 9.40. The lowest BCUT2D eigenvalue weighted by molar-refractivity contribution is 0.0701. The highest BCUT2D eigenvalue weighted by atomic mass is 32.1. The zero-order chi connectivity index (χ0) is 14.9. The van der Waals surface area contributed by atoms with Gasteiger partial charge in [-0.15, -0.1) is 16.4 Å². The molecule has 0 fully saturated rings. The first kappa shape index (κ1) is 14.5. The Morgan fingerprint density at radius 2 is 1.95 bits per heavy atom. The number of rotatable bonds is 4. The molecule has 7 nitrogen and oxygen atoms in total. The molecule has 20 heavy (non-hydrogen) atoms. The van der Waals surface area contributed by atoms with Crippen molar-refractivity contribution in [3.8, 4) is 0 Å². The van der Waals surface area contributed by atoms with E-state index in [9.17, 15) is 9.59 Å². The van der Waals surface area contributed by atoms with Crippen LogP contribution >= 0.6 is 22.9 Å². The van der Waals surface area contributed by atoms with E-state index in [1.165, 1.54) is 0 Å². The fraction of sp³-hybridized carbons (Fsp3) is 0.364. The molecule has 0 aliphatic heterocycles. The van der Waals surface area contributed by atoms with Crippen LogP contribution in [0.1, 0.15) is 48.7 Å². The van der Waals surface area contributed by atoms with E-state index in [4.69, 9.17) is 5.11 Å². The van der Waals surface area contributed by atoms with Gasteiger partial charge in [-0.3, -0.25) is 4.79 Å². The monoisotopic (exact) mass is 312 g/mol. The number of hydrogen-bond acceptors (Lipinski definition) is 7. The van der Waals surface area contributed by atoms with Crippen LogP contribution in [-0.4, -0.2) is 31.6 Å². The number of carboxylic acid groups (broad SMARTS) is 1. The Hall–Kier alpha value is -1.87. The highest BCUT2D eigenvalue weighted by Gasteiger charge is 2.21. The van der Waals surface area contributed by atoms with Gasteiger partial charge in [0.15, 0.2) is 0 Å². The van der Waals surface area contributed by atoms with Crippen LogP contribution in [0.4, 0.5) is 0 Å². The van der Waals surface area contributed by atoms with Gasteiger partial charge in [0, 0.05) is 0 Å². The predicted molar refractivity (Wildman–Crippen MR) is 74.3 cm³/mol. The summed E-state index contributed by atoms with van der Waals surface area (Å²) >= 11 is 2.09. The van der Waals surface area contributed by atoms with Crippen molar-refractivity contribution in [2.24, 2.45) is 0 Å². The molecule has 0 saturated heterocycles. The van der Waals surface area contributed by atoms with Crippen LogP contribution in [-0.2, 0) is 0 Å². The minimum atomic E-state index is -1.01. The quantitative estimate of drug-likeness (QED) is 0.892. The molecule has 2 aromatic rings. The van der Waals surface area contributed by atoms with Crippen molar-refractivity contribution >= 4 is 34.7 Å². The molecular formula is C11H12N4O3S2. The molecule has 0 saturated carbocycles. The summed E-state index contributed by atoms with van der Waals surface area (Å²) in [5, 5.41) is 16.1. The summed E-state index contributed by atoms with van der Waals surface area (Å²) in [6.07, 6.45) is 0. The van der Waals surface area contributed by atoms with Gasteiger partial charge < -0.3 is 10.4 Å². The van der Waals surface area contributed by atoms with Crippen LogP contribution in [0.5, 0.6) is 0 Å². The fourth-order valence-corrected chi connectivity index (χ4v) is 3.03. The van der Waals surface area contributed by atoms with E-state index in [-0.39, 0.29) is 16.8 Å². The van der Waals surface area contributed by atoms with Gasteiger partial charge in [0.2, 0.25) is 0 Å². The third-order valence-corrected chi connectivity index (χ3v) is 4.74. The van der Waals surface area contributed by atoms with Crippen LogP contribution in [0.25, 0.3) is 0 Å². The first-order valence-corrected chi connectivity index (χ1v) is 7.29. The molecule has 1 unspecified atom stereocenters. The molecule has 2 aromatic heterocycles. The van der Waals surface area contributed by atoms with Gasteiger partial charge >= 0.3 is 5.97 Å². The minimum Gasteiger partial charge on any atom is -0.477 e. The lowest BCUT2D eigenvalue weighted by atomic mass is 10.3. The summed E-state index contributed by atoms with van der Waals surface area (Å²) in [5.74, 6) is -1.29. The zero-order valence-electron chi connectivity index (χ0n) is 11.0. The van der Waals surface area contributed by atoms with Gasteiger partial charge in [0.05, 0.1) is 17.4 Å². The molecule has 9 heteroatoms. The minimum absolute atomic E-state index is 0.191. The maximum Gasteiger partial charge on any atom is 0.347 e. The molecule has 1 amide bonds. The number of carboxylic acids is 1. The Labute approximate surface area is 122 Å². The van der Waals surface area contributed by atoms with E-state index in [2.05, 4.69) is 19.9 Å². The molecule has 0 aromatic carbocycles. The molecule has 0 aliphatic rings. The van der Waals surface area contributed by atoms with Crippen molar-refractivity contribution < 1.29 is 14.7 Å². The number of hydrogen-bond donors (Lipinski definition) is 2. The van der Waals surface area contributed by atoms with Gasteiger partial charge in [-0.25, -0.2) is 9.78 Å². The average Bonchev–Trinajstić information content (AvgIpc) is 2.95. The van der Waals surface area contributed by atoms with E-state index < -0.39 is 5.97 Å². The Morgan fingerprint density at radius 3 is 2.45 bits per heavy atom. The van der Waals surface area contributed by atoms with Crippen molar-refractivity contribution in [2.45, 2.75) is 26.8 Å². The Balaban J connectivity index is 2.14. The summed E-state index contributed by atoms with van der Waals surface area (Å²) in [7, 11) is 0. The average molecular weight is 312 g/mol. The van der Waals surface area contributed by atoms with Crippen molar-refractivity contribution in [3.63, 3.8) is 0 Å². The maximum atomic E-state index is 12.0. The molecule has 1 atom stereocenters. The first-order valence-electron chi connectivity index (χ1n) is 5.70. The number of nitrogens with one attached hydrogen (secondary N) is 1. The SMILES string of the molecule is Cc1nc(C(C)NC(=O)c2snnc2C)sc1C(=O)O. The van der Waals surface area contributed by atoms with Crippen molar-refractivity contribution in [2.75, 3.05) is 0 Å². The zero-order valence-corrected chi connectivity index (χ0v) is 12.6. The topological polar surface area (TPSA) is 105 Å². The molecule has 2 rings (SSSR count). The Kier molecular flexibility index (Phi) is 4.09. The fourth-order valence-electron chi connectivity index (χ4n) is 1.56. The number of amides is 1. The van der Waals surface area contributed by atoms with Crippen molar-refractivity contribution in [1.82, 2.24) is 19.9 Å². The third kappa shape index (κ3) is 2.83. The molecule has 2 heterocycles. The summed E-state index contributed by atoms with van der Waals surface area (Å²) in [6, 6.07) is -0.374. The predicted octanol–water partition coefficient (Wildman–Crippen LogP) is 1.80. The van der Waals surface area contributed by atoms with Gasteiger partial charge in [0.1, 0.15) is 14.8 Å². The lowest BCUT2D eigenvalue weighted by Crippen LogP contribution is -2.26. The number of aromatic nitrogens is 3. The van der Waals surface area contributed by atoms with Gasteiger partial charge in [0.25, 0.3) is 5.91 Å². The molecular weight excluding hydrogens is 300 g/mol. The molecule has 0 spiro atoms. The molecule has 0 aliphatic carbocycles. The van der Waals surface area contributed by atoms with Crippen LogP contribution in [0.15, 0.2) is 0 Å². The number of carbonyl (C=O) groups is 2. The lowest BCUT2D eigenvalue weighted by Gasteiger charge is -2.09. The summed E-state index contributed by atoms with van der Waals surface area (Å²) in [5.41, 5.74) is 1.02. The van der Waals surface area contributed by atoms with Crippen molar-refractivity contribution in [1.29, 1.82) is 0 Å². The van der Waals surface area contributed by atoms with Crippen LogP contribution in [0, 0.1) is 13.8 Å². The van der Waals surface area contributed by atoms with Crippen LogP contribution < -0.4 is 5.32 Å². The number of thiazole rings is 1. The second-order valence-electron chi connectivity index (χ2n) is 4.15. The maximum absolute atomic E-state index is 12.0. The number of aromatic carboxylic acids is 1. The molecule has 2 N–H and O–H groups in total. The van der Waals surface area contributed by atoms with Gasteiger partial charge in [-0.1, -0.05) is 4.49 Å². The third-order valence-electron chi connectivity index (χ3n) is 2.58. The Bertz CT molecular complexity index is 664. The van der Waals surface area contributed by atoms with Gasteiger partial charge in [-0.05, 0) is 32.3 Å². The summed E-state index contributed by atoms with van der Waals surface area (Å²) < 4.78 is 3.70.